The van der Waals surface area contributed by atoms with E-state index in [0.29, 0.717) is 18.8 Å². The molecule has 122 valence electrons. The van der Waals surface area contributed by atoms with Crippen LogP contribution in [0.15, 0.2) is 0 Å². The Bertz CT molecular complexity index is 364. The second-order valence-corrected chi connectivity index (χ2v) is 6.18. The number of carbonyl (C=O) groups is 2. The van der Waals surface area contributed by atoms with Gasteiger partial charge in [0.05, 0.1) is 7.11 Å². The van der Waals surface area contributed by atoms with Gasteiger partial charge in [-0.1, -0.05) is 32.6 Å². The van der Waals surface area contributed by atoms with E-state index in [2.05, 4.69) is 10.6 Å². The highest BCUT2D eigenvalue weighted by Gasteiger charge is 2.42. The van der Waals surface area contributed by atoms with Gasteiger partial charge in [0.25, 0.3) is 0 Å². The molecule has 2 N–H and O–H groups in total. The summed E-state index contributed by atoms with van der Waals surface area (Å²) in [6.45, 7) is 3.72. The number of nitrogens with one attached hydrogen (secondary N) is 2. The first-order valence-corrected chi connectivity index (χ1v) is 7.70. The maximum Gasteiger partial charge on any atom is 0.331 e. The second-order valence-electron chi connectivity index (χ2n) is 6.18. The molecule has 2 rings (SSSR count). The fourth-order valence-electron chi connectivity index (χ4n) is 3.14. The number of esters is 1. The van der Waals surface area contributed by atoms with Crippen LogP contribution in [0.2, 0.25) is 0 Å². The van der Waals surface area contributed by atoms with Crippen molar-refractivity contribution in [1.29, 1.82) is 0 Å². The molecule has 2 aliphatic rings. The van der Waals surface area contributed by atoms with E-state index < -0.39 is 5.54 Å². The van der Waals surface area contributed by atoms with Crippen LogP contribution in [-0.4, -0.2) is 37.6 Å². The van der Waals surface area contributed by atoms with E-state index in [1.165, 1.54) is 7.11 Å². The molecule has 0 aromatic rings. The van der Waals surface area contributed by atoms with Gasteiger partial charge in [0.2, 0.25) is 5.91 Å². The van der Waals surface area contributed by atoms with Crippen LogP contribution in [0.3, 0.4) is 0 Å². The summed E-state index contributed by atoms with van der Waals surface area (Å²) in [4.78, 5) is 24.6. The third-order valence-electron chi connectivity index (χ3n) is 4.83. The quantitative estimate of drug-likeness (QED) is 0.611. The maximum absolute atomic E-state index is 12.4. The highest BCUT2D eigenvalue weighted by molar-refractivity contribution is 5.89. The number of hydrogen-bond acceptors (Lipinski definition) is 4. The lowest BCUT2D eigenvalue weighted by Crippen LogP contribution is -2.58. The summed E-state index contributed by atoms with van der Waals surface area (Å²) in [5.74, 6) is 0.0343. The zero-order chi connectivity index (χ0) is 14.6. The van der Waals surface area contributed by atoms with E-state index in [0.717, 1.165) is 38.8 Å². The fraction of sp³-hybridized carbons (Fsp3) is 0.867. The Morgan fingerprint density at radius 3 is 2.19 bits per heavy atom. The Hall–Kier alpha value is -0.810. The molecule has 1 saturated heterocycles. The Morgan fingerprint density at radius 1 is 1.19 bits per heavy atom. The zero-order valence-corrected chi connectivity index (χ0v) is 13.8. The van der Waals surface area contributed by atoms with Gasteiger partial charge in [-0.2, -0.15) is 0 Å². The highest BCUT2D eigenvalue weighted by Crippen LogP contribution is 2.29. The third kappa shape index (κ3) is 4.10. The van der Waals surface area contributed by atoms with Crippen molar-refractivity contribution < 1.29 is 14.3 Å². The molecule has 0 spiro atoms. The van der Waals surface area contributed by atoms with Gasteiger partial charge in [-0.25, -0.2) is 4.79 Å². The molecule has 0 bridgehead atoms. The van der Waals surface area contributed by atoms with Gasteiger partial charge in [0, 0.05) is 5.92 Å². The summed E-state index contributed by atoms with van der Waals surface area (Å²) >= 11 is 0. The van der Waals surface area contributed by atoms with Crippen LogP contribution >= 0.6 is 12.4 Å². The lowest BCUT2D eigenvalue weighted by molar-refractivity contribution is -0.152. The normalized spacial score (nSPS) is 23.0. The Morgan fingerprint density at radius 2 is 1.76 bits per heavy atom. The molecule has 1 unspecified atom stereocenters. The number of amides is 1. The zero-order valence-electron chi connectivity index (χ0n) is 12.9. The second kappa shape index (κ2) is 7.99. The van der Waals surface area contributed by atoms with Gasteiger partial charge >= 0.3 is 5.97 Å². The van der Waals surface area contributed by atoms with Gasteiger partial charge < -0.3 is 15.4 Å². The summed E-state index contributed by atoms with van der Waals surface area (Å²) in [7, 11) is 1.40. The molecule has 1 heterocycles. The monoisotopic (exact) mass is 318 g/mol. The number of carbonyl (C=O) groups excluding carboxylic acids is 2. The molecule has 6 heteroatoms. The number of hydrogen-bond donors (Lipinski definition) is 2. The number of ether oxygens (including phenoxy) is 1. The van der Waals surface area contributed by atoms with E-state index in [1.807, 2.05) is 6.92 Å². The summed E-state index contributed by atoms with van der Waals surface area (Å²) in [5, 5.41) is 6.21. The molecule has 1 aliphatic carbocycles. The van der Waals surface area contributed by atoms with Crippen LogP contribution in [0.25, 0.3) is 0 Å². The minimum Gasteiger partial charge on any atom is -0.467 e. The van der Waals surface area contributed by atoms with Crippen LogP contribution in [0.1, 0.15) is 45.4 Å². The van der Waals surface area contributed by atoms with Crippen molar-refractivity contribution in [1.82, 2.24) is 10.6 Å². The predicted octanol–water partition coefficient (Wildman–Crippen LogP) is 1.65. The first kappa shape index (κ1) is 18.2. The van der Waals surface area contributed by atoms with Crippen LogP contribution in [0, 0.1) is 11.8 Å². The molecule has 21 heavy (non-hydrogen) atoms. The number of methoxy groups -OCH3 is 1. The summed E-state index contributed by atoms with van der Waals surface area (Å²) in [6.07, 6.45) is 5.57. The summed E-state index contributed by atoms with van der Waals surface area (Å²) in [6, 6.07) is 0. The maximum atomic E-state index is 12.4. The predicted molar refractivity (Wildman–Crippen MR) is 83.4 cm³/mol. The van der Waals surface area contributed by atoms with Gasteiger partial charge in [-0.15, -0.1) is 12.4 Å². The van der Waals surface area contributed by atoms with Crippen molar-refractivity contribution in [2.24, 2.45) is 11.8 Å². The highest BCUT2D eigenvalue weighted by atomic mass is 35.5. The fourth-order valence-corrected chi connectivity index (χ4v) is 3.14. The molecule has 5 nitrogen and oxygen atoms in total. The summed E-state index contributed by atoms with van der Waals surface area (Å²) in [5.41, 5.74) is -0.798. The summed E-state index contributed by atoms with van der Waals surface area (Å²) < 4.78 is 4.96. The van der Waals surface area contributed by atoms with Crippen molar-refractivity contribution >= 4 is 24.3 Å². The van der Waals surface area contributed by atoms with Crippen LogP contribution in [0.5, 0.6) is 0 Å². The van der Waals surface area contributed by atoms with Crippen molar-refractivity contribution in [3.8, 4) is 0 Å². The van der Waals surface area contributed by atoms with Crippen LogP contribution in [0.4, 0.5) is 0 Å². The average Bonchev–Trinajstić information content (AvgIpc) is 2.62. The van der Waals surface area contributed by atoms with Crippen molar-refractivity contribution in [3.05, 3.63) is 0 Å². The van der Waals surface area contributed by atoms with Crippen molar-refractivity contribution in [2.45, 2.75) is 51.0 Å². The smallest absolute Gasteiger partial charge is 0.331 e. The molecular weight excluding hydrogens is 292 g/mol. The molecule has 1 aliphatic heterocycles. The SMILES string of the molecule is COC(=O)C1(NC(=O)C(C)C2CNC2)CCCCCC1.Cl. The molecular formula is C15H27ClN2O3. The van der Waals surface area contributed by atoms with Gasteiger partial charge in [0.15, 0.2) is 0 Å². The average molecular weight is 319 g/mol. The lowest BCUT2D eigenvalue weighted by atomic mass is 9.85. The minimum atomic E-state index is -0.798. The molecule has 2 fully saturated rings. The van der Waals surface area contributed by atoms with Gasteiger partial charge in [-0.05, 0) is 31.8 Å². The van der Waals surface area contributed by atoms with Crippen LogP contribution < -0.4 is 10.6 Å². The van der Waals surface area contributed by atoms with E-state index in [1.54, 1.807) is 0 Å². The Kier molecular flexibility index (Phi) is 6.94. The Labute approximate surface area is 133 Å². The minimum absolute atomic E-state index is 0. The standard InChI is InChI=1S/C15H26N2O3.ClH/c1-11(12-9-16-10-12)13(18)17-15(14(19)20-2)7-5-3-4-6-8-15;/h11-12,16H,3-10H2,1-2H3,(H,17,18);1H. The van der Waals surface area contributed by atoms with Gasteiger partial charge in [-0.3, -0.25) is 4.79 Å². The largest absolute Gasteiger partial charge is 0.467 e. The van der Waals surface area contributed by atoms with E-state index in [9.17, 15) is 9.59 Å². The third-order valence-corrected chi connectivity index (χ3v) is 4.83. The van der Waals surface area contributed by atoms with Crippen LogP contribution in [-0.2, 0) is 14.3 Å². The topological polar surface area (TPSA) is 67.4 Å². The van der Waals surface area contributed by atoms with E-state index in [4.69, 9.17) is 4.74 Å². The molecule has 0 radical (unpaired) electrons. The first-order valence-electron chi connectivity index (χ1n) is 7.70. The van der Waals surface area contributed by atoms with E-state index >= 15 is 0 Å². The Balaban J connectivity index is 0.00000220. The number of rotatable bonds is 4. The number of halogens is 1. The first-order chi connectivity index (χ1) is 9.59. The molecule has 0 aromatic carbocycles. The molecule has 1 amide bonds. The van der Waals surface area contributed by atoms with E-state index in [-0.39, 0.29) is 30.2 Å². The molecule has 1 saturated carbocycles. The van der Waals surface area contributed by atoms with Gasteiger partial charge in [0.1, 0.15) is 5.54 Å². The van der Waals surface area contributed by atoms with Crippen molar-refractivity contribution in [3.63, 3.8) is 0 Å². The van der Waals surface area contributed by atoms with Crippen molar-refractivity contribution in [2.75, 3.05) is 20.2 Å². The molecule has 0 aromatic heterocycles. The molecule has 1 atom stereocenters. The lowest BCUT2D eigenvalue weighted by Gasteiger charge is -2.36.